The van der Waals surface area contributed by atoms with Crippen molar-refractivity contribution in [3.05, 3.63) is 23.2 Å². The van der Waals surface area contributed by atoms with Gasteiger partial charge in [-0.3, -0.25) is 4.79 Å². The van der Waals surface area contributed by atoms with Crippen LogP contribution in [0.5, 0.6) is 0 Å². The molecule has 0 aliphatic heterocycles. The number of sulfonamides is 1. The van der Waals surface area contributed by atoms with Gasteiger partial charge in [-0.1, -0.05) is 24.6 Å². The van der Waals surface area contributed by atoms with Crippen molar-refractivity contribution >= 4 is 33.2 Å². The van der Waals surface area contributed by atoms with E-state index in [4.69, 9.17) is 17.3 Å². The number of hydrogen-bond donors (Lipinski definition) is 3. The molecule has 0 fully saturated rings. The number of carbonyl (C=O) groups excluding carboxylic acids is 1. The largest absolute Gasteiger partial charge is 0.398 e. The van der Waals surface area contributed by atoms with Crippen LogP contribution in [-0.4, -0.2) is 26.9 Å². The van der Waals surface area contributed by atoms with Gasteiger partial charge < -0.3 is 11.1 Å². The van der Waals surface area contributed by atoms with Gasteiger partial charge in [-0.25, -0.2) is 13.1 Å². The van der Waals surface area contributed by atoms with Gasteiger partial charge in [0.15, 0.2) is 0 Å². The molecule has 4 N–H and O–H groups in total. The number of nitrogens with one attached hydrogen (secondary N) is 2. The number of rotatable bonds is 7. The molecular formula is C13H20ClN3O3S. The third kappa shape index (κ3) is 5.18. The minimum Gasteiger partial charge on any atom is -0.398 e. The number of nitrogens with two attached hydrogens (primary N) is 1. The number of halogens is 1. The summed E-state index contributed by atoms with van der Waals surface area (Å²) in [6.07, 6.45) is 0.863. The molecule has 8 heteroatoms. The van der Waals surface area contributed by atoms with Gasteiger partial charge in [0.2, 0.25) is 15.9 Å². The Hall–Kier alpha value is -1.31. The van der Waals surface area contributed by atoms with E-state index in [9.17, 15) is 13.2 Å². The van der Waals surface area contributed by atoms with Crippen molar-refractivity contribution in [2.75, 3.05) is 12.3 Å². The molecule has 0 aromatic heterocycles. The first-order chi connectivity index (χ1) is 9.77. The quantitative estimate of drug-likeness (QED) is 0.658. The van der Waals surface area contributed by atoms with E-state index in [1.807, 2.05) is 13.8 Å². The molecular weight excluding hydrogens is 314 g/mol. The van der Waals surface area contributed by atoms with E-state index >= 15 is 0 Å². The average Bonchev–Trinajstić information content (AvgIpc) is 2.37. The SMILES string of the molecule is CCC(C)NC(=O)CCNS(=O)(=O)c1c(N)cccc1Cl. The maximum atomic E-state index is 12.1. The van der Waals surface area contributed by atoms with Crippen molar-refractivity contribution in [3.63, 3.8) is 0 Å². The van der Waals surface area contributed by atoms with Crippen LogP contribution in [0.3, 0.4) is 0 Å². The first-order valence-corrected chi connectivity index (χ1v) is 8.47. The lowest BCUT2D eigenvalue weighted by Gasteiger charge is -2.12. The van der Waals surface area contributed by atoms with Crippen LogP contribution in [0, 0.1) is 0 Å². The molecule has 0 spiro atoms. The topological polar surface area (TPSA) is 101 Å². The molecule has 0 aliphatic rings. The van der Waals surface area contributed by atoms with Crippen molar-refractivity contribution in [3.8, 4) is 0 Å². The molecule has 0 saturated carbocycles. The van der Waals surface area contributed by atoms with Gasteiger partial charge in [-0.15, -0.1) is 0 Å². The molecule has 0 saturated heterocycles. The maximum absolute atomic E-state index is 12.1. The summed E-state index contributed by atoms with van der Waals surface area (Å²) in [4.78, 5) is 11.4. The summed E-state index contributed by atoms with van der Waals surface area (Å²) < 4.78 is 26.6. The molecule has 118 valence electrons. The van der Waals surface area contributed by atoms with E-state index in [0.717, 1.165) is 6.42 Å². The normalized spacial score (nSPS) is 12.9. The highest BCUT2D eigenvalue weighted by Crippen LogP contribution is 2.26. The Balaban J connectivity index is 2.64. The van der Waals surface area contributed by atoms with E-state index in [-0.39, 0.29) is 40.5 Å². The summed E-state index contributed by atoms with van der Waals surface area (Å²) in [6.45, 7) is 3.82. The highest BCUT2D eigenvalue weighted by molar-refractivity contribution is 7.89. The van der Waals surface area contributed by atoms with Crippen molar-refractivity contribution in [1.82, 2.24) is 10.0 Å². The van der Waals surface area contributed by atoms with Gasteiger partial charge in [0.25, 0.3) is 0 Å². The van der Waals surface area contributed by atoms with Gasteiger partial charge in [0, 0.05) is 19.0 Å². The van der Waals surface area contributed by atoms with Crippen LogP contribution in [0.2, 0.25) is 5.02 Å². The highest BCUT2D eigenvalue weighted by atomic mass is 35.5. The van der Waals surface area contributed by atoms with E-state index in [1.165, 1.54) is 12.1 Å². The molecule has 6 nitrogen and oxygen atoms in total. The fraction of sp³-hybridized carbons (Fsp3) is 0.462. The van der Waals surface area contributed by atoms with E-state index in [0.29, 0.717) is 0 Å². The summed E-state index contributed by atoms with van der Waals surface area (Å²) in [6, 6.07) is 4.53. The molecule has 1 aromatic rings. The van der Waals surface area contributed by atoms with Crippen LogP contribution in [0.1, 0.15) is 26.7 Å². The Morgan fingerprint density at radius 1 is 1.43 bits per heavy atom. The Morgan fingerprint density at radius 2 is 2.10 bits per heavy atom. The van der Waals surface area contributed by atoms with Crippen molar-refractivity contribution in [2.24, 2.45) is 0 Å². The van der Waals surface area contributed by atoms with Crippen molar-refractivity contribution in [2.45, 2.75) is 37.6 Å². The summed E-state index contributed by atoms with van der Waals surface area (Å²) in [5.41, 5.74) is 5.71. The standard InChI is InChI=1S/C13H20ClN3O3S/c1-3-9(2)17-12(18)7-8-16-21(19,20)13-10(14)5-4-6-11(13)15/h4-6,9,16H,3,7-8,15H2,1-2H3,(H,17,18). The zero-order chi connectivity index (χ0) is 16.0. The third-order valence-electron chi connectivity index (χ3n) is 2.93. The van der Waals surface area contributed by atoms with Gasteiger partial charge in [-0.05, 0) is 25.5 Å². The van der Waals surface area contributed by atoms with Crippen molar-refractivity contribution < 1.29 is 13.2 Å². The van der Waals surface area contributed by atoms with E-state index < -0.39 is 10.0 Å². The summed E-state index contributed by atoms with van der Waals surface area (Å²) in [5, 5.41) is 2.80. The minimum atomic E-state index is -3.84. The molecule has 1 unspecified atom stereocenters. The van der Waals surface area contributed by atoms with E-state index in [2.05, 4.69) is 10.0 Å². The molecule has 0 bridgehead atoms. The van der Waals surface area contributed by atoms with Crippen LogP contribution in [0.4, 0.5) is 5.69 Å². The van der Waals surface area contributed by atoms with Crippen LogP contribution in [0.15, 0.2) is 23.1 Å². The number of hydrogen-bond acceptors (Lipinski definition) is 4. The molecule has 0 aliphatic carbocycles. The molecule has 1 aromatic carbocycles. The first kappa shape index (κ1) is 17.7. The number of amides is 1. The van der Waals surface area contributed by atoms with Gasteiger partial charge in [0.1, 0.15) is 4.90 Å². The predicted molar refractivity (Wildman–Crippen MR) is 83.6 cm³/mol. The molecule has 21 heavy (non-hydrogen) atoms. The van der Waals surface area contributed by atoms with Crippen molar-refractivity contribution in [1.29, 1.82) is 0 Å². The first-order valence-electron chi connectivity index (χ1n) is 6.61. The Morgan fingerprint density at radius 3 is 2.67 bits per heavy atom. The lowest BCUT2D eigenvalue weighted by Crippen LogP contribution is -2.35. The Labute approximate surface area is 130 Å². The lowest BCUT2D eigenvalue weighted by molar-refractivity contribution is -0.121. The maximum Gasteiger partial charge on any atom is 0.244 e. The van der Waals surface area contributed by atoms with Crippen LogP contribution in [0.25, 0.3) is 0 Å². The van der Waals surface area contributed by atoms with Gasteiger partial charge >= 0.3 is 0 Å². The van der Waals surface area contributed by atoms with Crippen LogP contribution >= 0.6 is 11.6 Å². The second kappa shape index (κ2) is 7.63. The predicted octanol–water partition coefficient (Wildman–Crippen LogP) is 1.51. The number of benzene rings is 1. The molecule has 1 rings (SSSR count). The molecule has 0 radical (unpaired) electrons. The number of nitrogen functional groups attached to an aromatic ring is 1. The van der Waals surface area contributed by atoms with E-state index in [1.54, 1.807) is 6.07 Å². The molecule has 1 amide bonds. The smallest absolute Gasteiger partial charge is 0.244 e. The zero-order valence-electron chi connectivity index (χ0n) is 12.0. The van der Waals surface area contributed by atoms with Crippen LogP contribution in [-0.2, 0) is 14.8 Å². The Kier molecular flexibility index (Phi) is 6.44. The third-order valence-corrected chi connectivity index (χ3v) is 4.93. The highest BCUT2D eigenvalue weighted by Gasteiger charge is 2.20. The average molecular weight is 334 g/mol. The molecule has 1 atom stereocenters. The summed E-state index contributed by atoms with van der Waals surface area (Å²) in [5.74, 6) is -0.209. The monoisotopic (exact) mass is 333 g/mol. The van der Waals surface area contributed by atoms with Crippen LogP contribution < -0.4 is 15.8 Å². The van der Waals surface area contributed by atoms with Gasteiger partial charge in [-0.2, -0.15) is 0 Å². The minimum absolute atomic E-state index is 0.0186. The fourth-order valence-electron chi connectivity index (χ4n) is 1.63. The second-order valence-corrected chi connectivity index (χ2v) is 6.79. The second-order valence-electron chi connectivity index (χ2n) is 4.68. The Bertz CT molecular complexity index is 584. The zero-order valence-corrected chi connectivity index (χ0v) is 13.6. The number of anilines is 1. The summed E-state index contributed by atoms with van der Waals surface area (Å²) >= 11 is 5.86. The lowest BCUT2D eigenvalue weighted by atomic mass is 10.2. The molecule has 0 heterocycles. The number of carbonyl (C=O) groups is 1. The van der Waals surface area contributed by atoms with Gasteiger partial charge in [0.05, 0.1) is 10.7 Å². The fourth-order valence-corrected chi connectivity index (χ4v) is 3.33. The summed E-state index contributed by atoms with van der Waals surface area (Å²) in [7, 11) is -3.84.